The van der Waals surface area contributed by atoms with Crippen molar-refractivity contribution in [3.05, 3.63) is 28.2 Å². The highest BCUT2D eigenvalue weighted by Crippen LogP contribution is 2.27. The lowest BCUT2D eigenvalue weighted by atomic mass is 10.0. The predicted octanol–water partition coefficient (Wildman–Crippen LogP) is 1.42. The first-order valence-electron chi connectivity index (χ1n) is 7.01. The lowest BCUT2D eigenvalue weighted by molar-refractivity contribution is 0.387. The Hall–Kier alpha value is -0.630. The molecule has 1 unspecified atom stereocenters. The number of hydrogen-bond acceptors (Lipinski definition) is 4. The van der Waals surface area contributed by atoms with Crippen LogP contribution in [0.2, 0.25) is 0 Å². The number of anilines is 1. The van der Waals surface area contributed by atoms with Gasteiger partial charge in [0.25, 0.3) is 0 Å². The van der Waals surface area contributed by atoms with Gasteiger partial charge in [-0.2, -0.15) is 4.31 Å². The average molecular weight is 376 g/mol. The number of sulfonamides is 1. The highest BCUT2D eigenvalue weighted by Gasteiger charge is 2.24. The largest absolute Gasteiger partial charge is 0.369 e. The second-order valence-electron chi connectivity index (χ2n) is 5.60. The minimum Gasteiger partial charge on any atom is -0.369 e. The molecule has 2 N–H and O–H groups in total. The van der Waals surface area contributed by atoms with Crippen molar-refractivity contribution in [3.8, 4) is 0 Å². The Morgan fingerprint density at radius 1 is 1.29 bits per heavy atom. The molecule has 0 aromatic heterocycles. The van der Waals surface area contributed by atoms with Crippen LogP contribution < -0.4 is 10.6 Å². The zero-order valence-corrected chi connectivity index (χ0v) is 14.8. The summed E-state index contributed by atoms with van der Waals surface area (Å²) in [6.07, 6.45) is 2.08. The van der Waals surface area contributed by atoms with Crippen molar-refractivity contribution >= 4 is 31.6 Å². The minimum absolute atomic E-state index is 0.0993. The first-order valence-corrected chi connectivity index (χ1v) is 9.65. The van der Waals surface area contributed by atoms with E-state index >= 15 is 0 Å². The first kappa shape index (κ1) is 16.7. The summed E-state index contributed by atoms with van der Waals surface area (Å²) in [5.74, 6) is 0. The molecule has 1 fully saturated rings. The van der Waals surface area contributed by atoms with E-state index in [1.165, 1.54) is 16.1 Å². The van der Waals surface area contributed by atoms with Gasteiger partial charge in [-0.25, -0.2) is 8.42 Å². The van der Waals surface area contributed by atoms with Crippen molar-refractivity contribution in [3.63, 3.8) is 0 Å². The molecule has 1 atom stereocenters. The molecule has 0 saturated carbocycles. The summed E-state index contributed by atoms with van der Waals surface area (Å²) in [4.78, 5) is 2.24. The van der Waals surface area contributed by atoms with Gasteiger partial charge in [0.1, 0.15) is 0 Å². The molecule has 5 nitrogen and oxygen atoms in total. The molecule has 0 amide bonds. The second-order valence-corrected chi connectivity index (χ2v) is 8.50. The number of nitrogens with two attached hydrogens (primary N) is 1. The number of halogens is 1. The van der Waals surface area contributed by atoms with E-state index in [1.54, 1.807) is 0 Å². The number of nitrogens with zero attached hydrogens (tertiary/aromatic N) is 2. The molecule has 0 aliphatic carbocycles. The third-order valence-corrected chi connectivity index (χ3v) is 5.43. The quantitative estimate of drug-likeness (QED) is 0.863. The number of hydrogen-bond donors (Lipinski definition) is 1. The standard InChI is InChI=1S/C14H22BrN3O2S/c1-11(16)9-12-3-4-13(15)10-14(12)17-5-7-18(8-6-17)21(2,19)20/h3-4,10-11H,5-9,16H2,1-2H3. The molecular weight excluding hydrogens is 354 g/mol. The molecule has 7 heteroatoms. The van der Waals surface area contributed by atoms with Crippen LogP contribution in [0.1, 0.15) is 12.5 Å². The summed E-state index contributed by atoms with van der Waals surface area (Å²) in [5.41, 5.74) is 8.28. The van der Waals surface area contributed by atoms with Gasteiger partial charge < -0.3 is 10.6 Å². The topological polar surface area (TPSA) is 66.6 Å². The molecule has 0 bridgehead atoms. The molecule has 1 heterocycles. The summed E-state index contributed by atoms with van der Waals surface area (Å²) in [7, 11) is -3.09. The first-order chi connectivity index (χ1) is 9.77. The van der Waals surface area contributed by atoms with Gasteiger partial charge in [-0.15, -0.1) is 0 Å². The maximum Gasteiger partial charge on any atom is 0.211 e. The van der Waals surface area contributed by atoms with Crippen LogP contribution in [0.15, 0.2) is 22.7 Å². The van der Waals surface area contributed by atoms with Crippen LogP contribution in [0.25, 0.3) is 0 Å². The van der Waals surface area contributed by atoms with Crippen LogP contribution in [0.5, 0.6) is 0 Å². The van der Waals surface area contributed by atoms with E-state index in [9.17, 15) is 8.42 Å². The van der Waals surface area contributed by atoms with Gasteiger partial charge in [0.2, 0.25) is 10.0 Å². The molecule has 21 heavy (non-hydrogen) atoms. The molecule has 1 saturated heterocycles. The zero-order chi connectivity index (χ0) is 15.6. The van der Waals surface area contributed by atoms with Gasteiger partial charge >= 0.3 is 0 Å². The fraction of sp³-hybridized carbons (Fsp3) is 0.571. The monoisotopic (exact) mass is 375 g/mol. The lowest BCUT2D eigenvalue weighted by Gasteiger charge is -2.36. The Balaban J connectivity index is 2.17. The number of rotatable bonds is 4. The van der Waals surface area contributed by atoms with Crippen LogP contribution >= 0.6 is 15.9 Å². The fourth-order valence-electron chi connectivity index (χ4n) is 2.61. The average Bonchev–Trinajstić information content (AvgIpc) is 2.39. The Morgan fingerprint density at radius 3 is 2.43 bits per heavy atom. The minimum atomic E-state index is -3.09. The highest BCUT2D eigenvalue weighted by atomic mass is 79.9. The number of piperazine rings is 1. The molecule has 1 aromatic rings. The smallest absolute Gasteiger partial charge is 0.211 e. The molecule has 0 spiro atoms. The van der Waals surface area contributed by atoms with Gasteiger partial charge in [-0.1, -0.05) is 22.0 Å². The molecule has 1 aliphatic rings. The van der Waals surface area contributed by atoms with Gasteiger partial charge in [-0.05, 0) is 31.0 Å². The van der Waals surface area contributed by atoms with Crippen molar-refractivity contribution in [1.82, 2.24) is 4.31 Å². The molecular formula is C14H22BrN3O2S. The van der Waals surface area contributed by atoms with Crippen molar-refractivity contribution in [2.75, 3.05) is 37.3 Å². The Kier molecular flexibility index (Phi) is 5.29. The summed E-state index contributed by atoms with van der Waals surface area (Å²) in [6.45, 7) is 4.46. The summed E-state index contributed by atoms with van der Waals surface area (Å²) >= 11 is 3.51. The van der Waals surface area contributed by atoms with Crippen LogP contribution in [-0.2, 0) is 16.4 Å². The third-order valence-electron chi connectivity index (χ3n) is 3.64. The van der Waals surface area contributed by atoms with Crippen molar-refractivity contribution in [1.29, 1.82) is 0 Å². The van der Waals surface area contributed by atoms with Crippen LogP contribution in [0, 0.1) is 0 Å². The van der Waals surface area contributed by atoms with E-state index in [2.05, 4.69) is 33.0 Å². The molecule has 1 aromatic carbocycles. The highest BCUT2D eigenvalue weighted by molar-refractivity contribution is 9.10. The van der Waals surface area contributed by atoms with Crippen molar-refractivity contribution < 1.29 is 8.42 Å². The Labute approximate surface area is 135 Å². The summed E-state index contributed by atoms with van der Waals surface area (Å²) < 4.78 is 25.7. The normalized spacial score (nSPS) is 18.8. The van der Waals surface area contributed by atoms with Crippen LogP contribution in [-0.4, -0.2) is 51.2 Å². The third kappa shape index (κ3) is 4.42. The van der Waals surface area contributed by atoms with E-state index in [-0.39, 0.29) is 6.04 Å². The molecule has 118 valence electrons. The maximum atomic E-state index is 11.6. The maximum absolute atomic E-state index is 11.6. The Bertz CT molecular complexity index is 596. The van der Waals surface area contributed by atoms with Gasteiger partial charge in [0, 0.05) is 42.4 Å². The molecule has 2 rings (SSSR count). The zero-order valence-electron chi connectivity index (χ0n) is 12.4. The predicted molar refractivity (Wildman–Crippen MR) is 90.1 cm³/mol. The van der Waals surface area contributed by atoms with Crippen molar-refractivity contribution in [2.45, 2.75) is 19.4 Å². The SMILES string of the molecule is CC(N)Cc1ccc(Br)cc1N1CCN(S(C)(=O)=O)CC1. The van der Waals surface area contributed by atoms with E-state index in [0.29, 0.717) is 26.2 Å². The van der Waals surface area contributed by atoms with Gasteiger partial charge in [0.05, 0.1) is 6.26 Å². The van der Waals surface area contributed by atoms with E-state index in [1.807, 2.05) is 13.0 Å². The fourth-order valence-corrected chi connectivity index (χ4v) is 3.79. The van der Waals surface area contributed by atoms with Crippen LogP contribution in [0.3, 0.4) is 0 Å². The van der Waals surface area contributed by atoms with Gasteiger partial charge in [-0.3, -0.25) is 0 Å². The summed E-state index contributed by atoms with van der Waals surface area (Å²) in [6, 6.07) is 6.30. The van der Waals surface area contributed by atoms with Gasteiger partial charge in [0.15, 0.2) is 0 Å². The van der Waals surface area contributed by atoms with E-state index in [0.717, 1.165) is 16.6 Å². The van der Waals surface area contributed by atoms with E-state index < -0.39 is 10.0 Å². The number of benzene rings is 1. The van der Waals surface area contributed by atoms with Crippen molar-refractivity contribution in [2.24, 2.45) is 5.73 Å². The summed E-state index contributed by atoms with van der Waals surface area (Å²) in [5, 5.41) is 0. The molecule has 0 radical (unpaired) electrons. The van der Waals surface area contributed by atoms with E-state index in [4.69, 9.17) is 5.73 Å². The van der Waals surface area contributed by atoms with Crippen LogP contribution in [0.4, 0.5) is 5.69 Å². The lowest BCUT2D eigenvalue weighted by Crippen LogP contribution is -2.48. The molecule has 1 aliphatic heterocycles. The Morgan fingerprint density at radius 2 is 1.90 bits per heavy atom. The second kappa shape index (κ2) is 6.64.